The fraction of sp³-hybridized carbons (Fsp3) is 0.100. The van der Waals surface area contributed by atoms with Crippen molar-refractivity contribution in [1.82, 2.24) is 9.97 Å². The van der Waals surface area contributed by atoms with Crippen LogP contribution in [0.5, 0.6) is 0 Å². The van der Waals surface area contributed by atoms with Gasteiger partial charge in [0.1, 0.15) is 0 Å². The average Bonchev–Trinajstić information content (AvgIpc) is 2.51. The number of aromatic nitrogens is 2. The minimum atomic E-state index is 0.764. The molecule has 0 aliphatic rings. The molecule has 0 spiro atoms. The molecule has 0 amide bonds. The number of hydrogen-bond donors (Lipinski definition) is 2. The molecule has 2 rings (SSSR count). The van der Waals surface area contributed by atoms with Gasteiger partial charge in [0, 0.05) is 16.9 Å². The van der Waals surface area contributed by atoms with Gasteiger partial charge < -0.3 is 10.7 Å². The van der Waals surface area contributed by atoms with Crippen LogP contribution >= 0.6 is 0 Å². The molecule has 0 unspecified atom stereocenters. The zero-order valence-corrected chi connectivity index (χ0v) is 7.41. The van der Waals surface area contributed by atoms with Gasteiger partial charge in [-0.1, -0.05) is 12.1 Å². The molecule has 1 heterocycles. The lowest BCUT2D eigenvalue weighted by atomic mass is 10.1. The Kier molecular flexibility index (Phi) is 1.77. The molecule has 2 aromatic rings. The molecule has 0 saturated heterocycles. The highest BCUT2D eigenvalue weighted by Crippen LogP contribution is 2.21. The number of hydrogen-bond acceptors (Lipinski definition) is 2. The first-order valence-electron chi connectivity index (χ1n) is 4.13. The van der Waals surface area contributed by atoms with Gasteiger partial charge >= 0.3 is 0 Å². The largest absolute Gasteiger partial charge is 0.399 e. The van der Waals surface area contributed by atoms with Crippen LogP contribution in [0.15, 0.2) is 30.6 Å². The standard InChI is InChI=1S/C10H11N3/c1-7-10(13-6-12-7)8-3-2-4-9(11)5-8/h2-6H,11H2,1H3,(H,12,13). The number of H-pyrrole nitrogens is 1. The predicted octanol–water partition coefficient (Wildman–Crippen LogP) is 1.97. The van der Waals surface area contributed by atoms with Crippen molar-refractivity contribution < 1.29 is 0 Å². The lowest BCUT2D eigenvalue weighted by Crippen LogP contribution is -1.86. The van der Waals surface area contributed by atoms with Crippen molar-refractivity contribution in [1.29, 1.82) is 0 Å². The Hall–Kier alpha value is -1.77. The van der Waals surface area contributed by atoms with Crippen molar-refractivity contribution in [3.05, 3.63) is 36.3 Å². The maximum absolute atomic E-state index is 5.68. The summed E-state index contributed by atoms with van der Waals surface area (Å²) >= 11 is 0. The highest BCUT2D eigenvalue weighted by Gasteiger charge is 2.03. The third-order valence-corrected chi connectivity index (χ3v) is 1.99. The second-order valence-corrected chi connectivity index (χ2v) is 3.00. The van der Waals surface area contributed by atoms with Crippen LogP contribution in [0.3, 0.4) is 0 Å². The molecular formula is C10H11N3. The molecule has 3 heteroatoms. The van der Waals surface area contributed by atoms with Gasteiger partial charge in [-0.3, -0.25) is 0 Å². The van der Waals surface area contributed by atoms with Gasteiger partial charge in [0.25, 0.3) is 0 Å². The van der Waals surface area contributed by atoms with Gasteiger partial charge in [-0.2, -0.15) is 0 Å². The molecule has 13 heavy (non-hydrogen) atoms. The van der Waals surface area contributed by atoms with Crippen LogP contribution in [0.1, 0.15) is 5.69 Å². The molecule has 0 atom stereocenters. The number of anilines is 1. The Bertz CT molecular complexity index is 418. The smallest absolute Gasteiger partial charge is 0.0929 e. The lowest BCUT2D eigenvalue weighted by Gasteiger charge is -1.99. The van der Waals surface area contributed by atoms with E-state index >= 15 is 0 Å². The molecule has 66 valence electrons. The fourth-order valence-corrected chi connectivity index (χ4v) is 1.34. The number of nitrogens with one attached hydrogen (secondary N) is 1. The molecule has 3 N–H and O–H groups in total. The molecule has 3 nitrogen and oxygen atoms in total. The summed E-state index contributed by atoms with van der Waals surface area (Å²) in [5, 5.41) is 0. The van der Waals surface area contributed by atoms with E-state index < -0.39 is 0 Å². The average molecular weight is 173 g/mol. The number of nitrogen functional groups attached to an aromatic ring is 1. The van der Waals surface area contributed by atoms with Gasteiger partial charge in [-0.05, 0) is 19.1 Å². The third-order valence-electron chi connectivity index (χ3n) is 1.99. The van der Waals surface area contributed by atoms with Crippen LogP contribution in [-0.2, 0) is 0 Å². The van der Waals surface area contributed by atoms with Gasteiger partial charge in [0.15, 0.2) is 0 Å². The zero-order valence-electron chi connectivity index (χ0n) is 7.41. The number of imidazole rings is 1. The molecule has 0 bridgehead atoms. The van der Waals surface area contributed by atoms with Crippen molar-refractivity contribution in [3.63, 3.8) is 0 Å². The lowest BCUT2D eigenvalue weighted by molar-refractivity contribution is 1.25. The molecular weight excluding hydrogens is 162 g/mol. The number of nitrogens with two attached hydrogens (primary N) is 1. The Morgan fingerprint density at radius 3 is 2.85 bits per heavy atom. The monoisotopic (exact) mass is 173 g/mol. The van der Waals surface area contributed by atoms with Crippen molar-refractivity contribution in [2.75, 3.05) is 5.73 Å². The first-order valence-corrected chi connectivity index (χ1v) is 4.13. The minimum Gasteiger partial charge on any atom is -0.399 e. The van der Waals surface area contributed by atoms with Crippen LogP contribution < -0.4 is 5.73 Å². The summed E-state index contributed by atoms with van der Waals surface area (Å²) in [6.07, 6.45) is 1.69. The fourth-order valence-electron chi connectivity index (χ4n) is 1.34. The summed E-state index contributed by atoms with van der Waals surface area (Å²) in [6, 6.07) is 7.72. The van der Waals surface area contributed by atoms with E-state index in [4.69, 9.17) is 5.73 Å². The minimum absolute atomic E-state index is 0.764. The Morgan fingerprint density at radius 1 is 1.38 bits per heavy atom. The normalized spacial score (nSPS) is 10.2. The maximum Gasteiger partial charge on any atom is 0.0929 e. The van der Waals surface area contributed by atoms with E-state index in [2.05, 4.69) is 9.97 Å². The number of benzene rings is 1. The van der Waals surface area contributed by atoms with E-state index in [1.54, 1.807) is 6.33 Å². The molecule has 1 aromatic carbocycles. The van der Waals surface area contributed by atoms with Crippen molar-refractivity contribution in [2.45, 2.75) is 6.92 Å². The summed E-state index contributed by atoms with van der Waals surface area (Å²) in [7, 11) is 0. The summed E-state index contributed by atoms with van der Waals surface area (Å²) < 4.78 is 0. The second kappa shape index (κ2) is 2.94. The molecule has 0 aliphatic carbocycles. The maximum atomic E-state index is 5.68. The van der Waals surface area contributed by atoms with Gasteiger partial charge in [-0.15, -0.1) is 0 Å². The topological polar surface area (TPSA) is 54.7 Å². The summed E-state index contributed by atoms with van der Waals surface area (Å²) in [5.74, 6) is 0. The van der Waals surface area contributed by atoms with Crippen LogP contribution in [0, 0.1) is 6.92 Å². The quantitative estimate of drug-likeness (QED) is 0.648. The first-order chi connectivity index (χ1) is 6.27. The third kappa shape index (κ3) is 1.40. The second-order valence-electron chi connectivity index (χ2n) is 3.00. The predicted molar refractivity (Wildman–Crippen MR) is 53.2 cm³/mol. The molecule has 1 aromatic heterocycles. The van der Waals surface area contributed by atoms with Gasteiger partial charge in [-0.25, -0.2) is 4.98 Å². The van der Waals surface area contributed by atoms with Crippen LogP contribution in [-0.4, -0.2) is 9.97 Å². The van der Waals surface area contributed by atoms with E-state index in [0.29, 0.717) is 0 Å². The molecule has 0 saturated carbocycles. The van der Waals surface area contributed by atoms with Crippen molar-refractivity contribution >= 4 is 5.69 Å². The van der Waals surface area contributed by atoms with Crippen LogP contribution in [0.25, 0.3) is 11.3 Å². The Morgan fingerprint density at radius 2 is 2.23 bits per heavy atom. The number of aromatic amines is 1. The SMILES string of the molecule is Cc1[nH]cnc1-c1cccc(N)c1. The van der Waals surface area contributed by atoms with Gasteiger partial charge in [0.05, 0.1) is 12.0 Å². The highest BCUT2D eigenvalue weighted by molar-refractivity contribution is 5.65. The molecule has 0 aliphatic heterocycles. The summed E-state index contributed by atoms with van der Waals surface area (Å²) in [4.78, 5) is 7.25. The van der Waals surface area contributed by atoms with E-state index in [1.165, 1.54) is 0 Å². The Labute approximate surface area is 76.6 Å². The van der Waals surface area contributed by atoms with Gasteiger partial charge in [0.2, 0.25) is 0 Å². The summed E-state index contributed by atoms with van der Waals surface area (Å²) in [5.41, 5.74) is 9.52. The van der Waals surface area contributed by atoms with Crippen molar-refractivity contribution in [3.8, 4) is 11.3 Å². The first kappa shape index (κ1) is 7.86. The number of aryl methyl sites for hydroxylation is 1. The molecule has 0 fully saturated rings. The van der Waals surface area contributed by atoms with E-state index in [0.717, 1.165) is 22.6 Å². The van der Waals surface area contributed by atoms with Crippen LogP contribution in [0.2, 0.25) is 0 Å². The number of nitrogens with zero attached hydrogens (tertiary/aromatic N) is 1. The van der Waals surface area contributed by atoms with Crippen molar-refractivity contribution in [2.24, 2.45) is 0 Å². The van der Waals surface area contributed by atoms with E-state index in [9.17, 15) is 0 Å². The summed E-state index contributed by atoms with van der Waals surface area (Å²) in [6.45, 7) is 1.99. The number of rotatable bonds is 1. The van der Waals surface area contributed by atoms with E-state index in [1.807, 2.05) is 31.2 Å². The zero-order chi connectivity index (χ0) is 9.26. The van der Waals surface area contributed by atoms with E-state index in [-0.39, 0.29) is 0 Å². The Balaban J connectivity index is 2.53. The van der Waals surface area contributed by atoms with Crippen LogP contribution in [0.4, 0.5) is 5.69 Å². The molecule has 0 radical (unpaired) electrons. The highest BCUT2D eigenvalue weighted by atomic mass is 14.9.